The summed E-state index contributed by atoms with van der Waals surface area (Å²) in [5.74, 6) is 0. The molecule has 4 rings (SSSR count). The van der Waals surface area contributed by atoms with Crippen molar-refractivity contribution in [2.75, 3.05) is 27.2 Å². The third kappa shape index (κ3) is 4.23. The van der Waals surface area contributed by atoms with Gasteiger partial charge in [-0.2, -0.15) is 0 Å². The van der Waals surface area contributed by atoms with Crippen molar-refractivity contribution in [3.63, 3.8) is 0 Å². The summed E-state index contributed by atoms with van der Waals surface area (Å²) in [5, 5.41) is 4.36. The van der Waals surface area contributed by atoms with Gasteiger partial charge < -0.3 is 19.7 Å². The van der Waals surface area contributed by atoms with Gasteiger partial charge in [0.05, 0.1) is 17.8 Å². The van der Waals surface area contributed by atoms with Gasteiger partial charge in [-0.15, -0.1) is 0 Å². The average molecular weight is 434 g/mol. The number of likely N-dealkylation sites (N-methyl/N-ethyl adjacent to an activating group) is 1. The molecule has 3 aromatic rings. The van der Waals surface area contributed by atoms with Crippen molar-refractivity contribution in [3.8, 4) is 5.69 Å². The Balaban J connectivity index is 1.80. The Morgan fingerprint density at radius 2 is 1.81 bits per heavy atom. The van der Waals surface area contributed by atoms with E-state index in [2.05, 4.69) is 95.9 Å². The van der Waals surface area contributed by atoms with Crippen molar-refractivity contribution in [3.05, 3.63) is 82.9 Å². The first-order chi connectivity index (χ1) is 14.9. The van der Waals surface area contributed by atoms with Gasteiger partial charge in [0, 0.05) is 36.4 Å². The molecule has 0 amide bonds. The predicted molar refractivity (Wildman–Crippen MR) is 131 cm³/mol. The van der Waals surface area contributed by atoms with E-state index in [0.717, 1.165) is 23.9 Å². The second kappa shape index (κ2) is 8.81. The van der Waals surface area contributed by atoms with Crippen LogP contribution in [0.1, 0.15) is 40.3 Å². The zero-order chi connectivity index (χ0) is 22.1. The predicted octanol–water partition coefficient (Wildman–Crippen LogP) is 4.33. The first kappa shape index (κ1) is 21.5. The van der Waals surface area contributed by atoms with Crippen LogP contribution in [0, 0.1) is 20.8 Å². The van der Waals surface area contributed by atoms with E-state index in [1.807, 2.05) is 18.3 Å². The fourth-order valence-electron chi connectivity index (χ4n) is 4.47. The number of pyridine rings is 1. The number of aromatic nitrogens is 2. The van der Waals surface area contributed by atoms with Crippen LogP contribution in [0.15, 0.2) is 54.7 Å². The van der Waals surface area contributed by atoms with Crippen molar-refractivity contribution < 1.29 is 0 Å². The number of benzene rings is 1. The van der Waals surface area contributed by atoms with Crippen LogP contribution in [0.25, 0.3) is 5.69 Å². The van der Waals surface area contributed by atoms with Crippen LogP contribution in [-0.4, -0.2) is 51.6 Å². The number of nitrogens with one attached hydrogen (secondary N) is 1. The van der Waals surface area contributed by atoms with Crippen LogP contribution in [0.4, 0.5) is 0 Å². The topological polar surface area (TPSA) is 36.3 Å². The van der Waals surface area contributed by atoms with Gasteiger partial charge in [-0.1, -0.05) is 23.8 Å². The lowest BCUT2D eigenvalue weighted by Gasteiger charge is -2.29. The van der Waals surface area contributed by atoms with Crippen LogP contribution in [0.3, 0.4) is 0 Å². The summed E-state index contributed by atoms with van der Waals surface area (Å²) >= 11 is 5.80. The highest BCUT2D eigenvalue weighted by atomic mass is 32.1. The Bertz CT molecular complexity index is 1060. The lowest BCUT2D eigenvalue weighted by atomic mass is 9.96. The Morgan fingerprint density at radius 1 is 1.06 bits per heavy atom. The molecule has 3 heterocycles. The highest BCUT2D eigenvalue weighted by Crippen LogP contribution is 2.41. The van der Waals surface area contributed by atoms with E-state index in [1.54, 1.807) is 0 Å². The monoisotopic (exact) mass is 433 g/mol. The summed E-state index contributed by atoms with van der Waals surface area (Å²) in [6.07, 6.45) is 1.86. The highest BCUT2D eigenvalue weighted by molar-refractivity contribution is 7.80. The van der Waals surface area contributed by atoms with Crippen molar-refractivity contribution in [2.24, 2.45) is 0 Å². The van der Waals surface area contributed by atoms with Crippen LogP contribution < -0.4 is 5.32 Å². The van der Waals surface area contributed by atoms with Gasteiger partial charge in [0.1, 0.15) is 0 Å². The molecule has 0 bridgehead atoms. The largest absolute Gasteiger partial charge is 0.352 e. The fraction of sp³-hybridized carbons (Fsp3) is 0.360. The number of hydrogen-bond donors (Lipinski definition) is 1. The maximum Gasteiger partial charge on any atom is 0.170 e. The third-order valence-corrected chi connectivity index (χ3v) is 6.42. The van der Waals surface area contributed by atoms with Gasteiger partial charge in [0.2, 0.25) is 0 Å². The zero-order valence-corrected chi connectivity index (χ0v) is 19.8. The van der Waals surface area contributed by atoms with E-state index in [1.165, 1.54) is 28.2 Å². The number of aryl methyl sites for hydroxylation is 2. The summed E-state index contributed by atoms with van der Waals surface area (Å²) in [6.45, 7) is 8.31. The zero-order valence-electron chi connectivity index (χ0n) is 19.0. The van der Waals surface area contributed by atoms with Gasteiger partial charge in [-0.3, -0.25) is 4.98 Å². The Labute approximate surface area is 190 Å². The van der Waals surface area contributed by atoms with E-state index in [-0.39, 0.29) is 12.1 Å². The molecule has 1 aliphatic heterocycles. The second-order valence-electron chi connectivity index (χ2n) is 8.62. The molecule has 0 saturated carbocycles. The molecule has 162 valence electrons. The SMILES string of the molecule is Cc1ccc(-n2c(C)cc([C@@H]3[C@@H](c4ccccn4)NC(=S)N3CCN(C)C)c2C)cc1. The van der Waals surface area contributed by atoms with E-state index < -0.39 is 0 Å². The van der Waals surface area contributed by atoms with E-state index in [0.29, 0.717) is 0 Å². The van der Waals surface area contributed by atoms with Gasteiger partial charge in [-0.05, 0) is 83.0 Å². The summed E-state index contributed by atoms with van der Waals surface area (Å²) in [7, 11) is 4.20. The van der Waals surface area contributed by atoms with Gasteiger partial charge in [-0.25, -0.2) is 0 Å². The summed E-state index contributed by atoms with van der Waals surface area (Å²) < 4.78 is 2.34. The molecule has 0 radical (unpaired) electrons. The molecule has 1 fully saturated rings. The maximum absolute atomic E-state index is 5.80. The van der Waals surface area contributed by atoms with Crippen molar-refractivity contribution in [1.29, 1.82) is 0 Å². The number of nitrogens with zero attached hydrogens (tertiary/aromatic N) is 4. The average Bonchev–Trinajstić information content (AvgIpc) is 3.23. The van der Waals surface area contributed by atoms with Gasteiger partial charge >= 0.3 is 0 Å². The van der Waals surface area contributed by atoms with Crippen LogP contribution >= 0.6 is 12.2 Å². The molecular formula is C25H31N5S. The lowest BCUT2D eigenvalue weighted by Crippen LogP contribution is -2.35. The molecule has 0 spiro atoms. The number of thiocarbonyl (C=S) groups is 1. The molecule has 2 atom stereocenters. The minimum absolute atomic E-state index is 0.0165. The van der Waals surface area contributed by atoms with E-state index >= 15 is 0 Å². The minimum Gasteiger partial charge on any atom is -0.352 e. The Hall–Kier alpha value is -2.70. The van der Waals surface area contributed by atoms with Crippen LogP contribution in [0.5, 0.6) is 0 Å². The van der Waals surface area contributed by atoms with Crippen molar-refractivity contribution >= 4 is 17.3 Å². The smallest absolute Gasteiger partial charge is 0.170 e. The van der Waals surface area contributed by atoms with Crippen molar-refractivity contribution in [2.45, 2.75) is 32.9 Å². The molecular weight excluding hydrogens is 402 g/mol. The number of rotatable bonds is 6. The third-order valence-electron chi connectivity index (χ3n) is 6.07. The first-order valence-corrected chi connectivity index (χ1v) is 11.2. The number of hydrogen-bond acceptors (Lipinski definition) is 3. The maximum atomic E-state index is 5.80. The van der Waals surface area contributed by atoms with Crippen LogP contribution in [0.2, 0.25) is 0 Å². The summed E-state index contributed by atoms with van der Waals surface area (Å²) in [6, 6.07) is 17.2. The quantitative estimate of drug-likeness (QED) is 0.586. The molecule has 1 saturated heterocycles. The van der Waals surface area contributed by atoms with Gasteiger partial charge in [0.15, 0.2) is 5.11 Å². The molecule has 2 aromatic heterocycles. The van der Waals surface area contributed by atoms with E-state index in [9.17, 15) is 0 Å². The standard InChI is InChI=1S/C25H31N5S/c1-17-9-11-20(12-10-17)30-18(2)16-21(19(30)3)24-23(22-8-6-7-13-26-22)27-25(31)29(24)15-14-28(4)5/h6-13,16,23-24H,14-15H2,1-5H3,(H,27,31)/t23-,24-/m1/s1. The second-order valence-corrected chi connectivity index (χ2v) is 9.01. The van der Waals surface area contributed by atoms with E-state index in [4.69, 9.17) is 12.2 Å². The highest BCUT2D eigenvalue weighted by Gasteiger charge is 2.41. The molecule has 6 heteroatoms. The lowest BCUT2D eigenvalue weighted by molar-refractivity contribution is 0.277. The Morgan fingerprint density at radius 3 is 2.45 bits per heavy atom. The molecule has 0 unspecified atom stereocenters. The molecule has 1 aromatic carbocycles. The first-order valence-electron chi connectivity index (χ1n) is 10.8. The molecule has 31 heavy (non-hydrogen) atoms. The Kier molecular flexibility index (Phi) is 6.12. The summed E-state index contributed by atoms with van der Waals surface area (Å²) in [5.41, 5.74) is 7.23. The molecule has 1 aliphatic rings. The van der Waals surface area contributed by atoms with Crippen molar-refractivity contribution in [1.82, 2.24) is 24.7 Å². The van der Waals surface area contributed by atoms with Crippen LogP contribution in [-0.2, 0) is 0 Å². The molecule has 0 aliphatic carbocycles. The molecule has 5 nitrogen and oxygen atoms in total. The normalized spacial score (nSPS) is 18.6. The minimum atomic E-state index is 0.0165. The summed E-state index contributed by atoms with van der Waals surface area (Å²) in [4.78, 5) is 9.19. The van der Waals surface area contributed by atoms with Gasteiger partial charge in [0.25, 0.3) is 0 Å². The molecule has 1 N–H and O–H groups in total. The fourth-order valence-corrected chi connectivity index (χ4v) is 4.80.